The van der Waals surface area contributed by atoms with Gasteiger partial charge >= 0.3 is 12.1 Å². The van der Waals surface area contributed by atoms with Gasteiger partial charge in [-0.05, 0) is 49.2 Å². The molecule has 186 valence electrons. The topological polar surface area (TPSA) is 99.2 Å². The summed E-state index contributed by atoms with van der Waals surface area (Å²) in [5, 5.41) is 12.2. The van der Waals surface area contributed by atoms with Crippen LogP contribution in [-0.4, -0.2) is 79.3 Å². The summed E-state index contributed by atoms with van der Waals surface area (Å²) in [6.45, 7) is 0.752. The van der Waals surface area contributed by atoms with Crippen molar-refractivity contribution in [1.29, 1.82) is 0 Å². The molecule has 2 N–H and O–H groups in total. The van der Waals surface area contributed by atoms with Crippen LogP contribution < -0.4 is 5.32 Å². The van der Waals surface area contributed by atoms with Gasteiger partial charge < -0.3 is 25.0 Å². The summed E-state index contributed by atoms with van der Waals surface area (Å²) in [6.07, 6.45) is 1.52. The number of aliphatic carboxylic acids is 1. The number of carboxylic acid groups (broad SMARTS) is 1. The molecule has 1 fully saturated rings. The minimum absolute atomic E-state index is 0.0359. The quantitative estimate of drug-likeness (QED) is 0.573. The number of amides is 2. The summed E-state index contributed by atoms with van der Waals surface area (Å²) in [5.41, 5.74) is 4.60. The van der Waals surface area contributed by atoms with Crippen LogP contribution in [0.1, 0.15) is 36.3 Å². The summed E-state index contributed by atoms with van der Waals surface area (Å²) in [6, 6.07) is 15.9. The fraction of sp³-hybridized carbons (Fsp3) is 0.444. The Hall–Kier alpha value is -3.39. The van der Waals surface area contributed by atoms with Crippen LogP contribution in [0.2, 0.25) is 0 Å². The third-order valence-electron chi connectivity index (χ3n) is 6.94. The van der Waals surface area contributed by atoms with E-state index in [0.29, 0.717) is 25.9 Å². The molecule has 4 rings (SSSR count). The van der Waals surface area contributed by atoms with E-state index in [4.69, 9.17) is 4.74 Å². The van der Waals surface area contributed by atoms with Crippen LogP contribution in [0.25, 0.3) is 11.1 Å². The van der Waals surface area contributed by atoms with Crippen molar-refractivity contribution in [2.24, 2.45) is 5.92 Å². The molecule has 2 unspecified atom stereocenters. The van der Waals surface area contributed by atoms with Gasteiger partial charge in [0, 0.05) is 25.0 Å². The van der Waals surface area contributed by atoms with Gasteiger partial charge in [0.1, 0.15) is 13.2 Å². The Labute approximate surface area is 205 Å². The van der Waals surface area contributed by atoms with E-state index in [1.165, 1.54) is 4.90 Å². The number of nitrogens with zero attached hydrogens (tertiary/aromatic N) is 2. The Morgan fingerprint density at radius 3 is 2.20 bits per heavy atom. The molecule has 0 aliphatic heterocycles. The third kappa shape index (κ3) is 5.65. The van der Waals surface area contributed by atoms with E-state index in [0.717, 1.165) is 28.7 Å². The van der Waals surface area contributed by atoms with E-state index < -0.39 is 18.0 Å². The number of hydrogen-bond donors (Lipinski definition) is 2. The number of alkyl carbamates (subject to hydrolysis) is 1. The van der Waals surface area contributed by atoms with Crippen LogP contribution in [0.15, 0.2) is 48.5 Å². The smallest absolute Gasteiger partial charge is 0.407 e. The van der Waals surface area contributed by atoms with E-state index in [1.54, 1.807) is 0 Å². The van der Waals surface area contributed by atoms with Gasteiger partial charge in [-0.3, -0.25) is 9.59 Å². The number of carbonyl (C=O) groups is 3. The molecule has 35 heavy (non-hydrogen) atoms. The summed E-state index contributed by atoms with van der Waals surface area (Å²) in [4.78, 5) is 40.5. The fourth-order valence-corrected chi connectivity index (χ4v) is 5.21. The minimum Gasteiger partial charge on any atom is -0.480 e. The summed E-state index contributed by atoms with van der Waals surface area (Å²) >= 11 is 0. The molecular formula is C27H33N3O5. The zero-order valence-electron chi connectivity index (χ0n) is 20.3. The Bertz CT molecular complexity index is 1040. The summed E-state index contributed by atoms with van der Waals surface area (Å²) < 4.78 is 5.66. The molecule has 2 aromatic rings. The van der Waals surface area contributed by atoms with Gasteiger partial charge in [0.05, 0.1) is 5.92 Å². The van der Waals surface area contributed by atoms with Crippen molar-refractivity contribution in [3.8, 4) is 11.1 Å². The average molecular weight is 480 g/mol. The highest BCUT2D eigenvalue weighted by atomic mass is 16.5. The number of carbonyl (C=O) groups excluding carboxylic acids is 2. The van der Waals surface area contributed by atoms with E-state index in [1.807, 2.05) is 43.3 Å². The monoisotopic (exact) mass is 479 g/mol. The Kier molecular flexibility index (Phi) is 7.70. The number of benzene rings is 2. The molecule has 0 aromatic heterocycles. The SMILES string of the molecule is CN(C)CCN(CC(=O)O)C(=O)C1CCCC1NC(=O)OCC1c2ccccc2-c2ccccc21. The molecular weight excluding hydrogens is 446 g/mol. The number of carboxylic acids is 1. The second kappa shape index (κ2) is 10.9. The zero-order chi connectivity index (χ0) is 24.9. The molecule has 8 nitrogen and oxygen atoms in total. The van der Waals surface area contributed by atoms with Crippen molar-refractivity contribution in [3.63, 3.8) is 0 Å². The number of nitrogens with one attached hydrogen (secondary N) is 1. The Morgan fingerprint density at radius 2 is 1.60 bits per heavy atom. The molecule has 2 atom stereocenters. The second-order valence-electron chi connectivity index (χ2n) is 9.57. The molecule has 2 aromatic carbocycles. The zero-order valence-corrected chi connectivity index (χ0v) is 20.3. The first-order chi connectivity index (χ1) is 16.8. The lowest BCUT2D eigenvalue weighted by atomic mass is 9.98. The number of rotatable bonds is 9. The molecule has 0 radical (unpaired) electrons. The first-order valence-electron chi connectivity index (χ1n) is 12.1. The first-order valence-corrected chi connectivity index (χ1v) is 12.1. The first kappa shape index (κ1) is 24.7. The largest absolute Gasteiger partial charge is 0.480 e. The van der Waals surface area contributed by atoms with Crippen molar-refractivity contribution in [2.45, 2.75) is 31.2 Å². The highest BCUT2D eigenvalue weighted by Gasteiger charge is 2.37. The minimum atomic E-state index is -1.05. The van der Waals surface area contributed by atoms with Crippen LogP contribution in [0, 0.1) is 5.92 Å². The number of hydrogen-bond acceptors (Lipinski definition) is 5. The van der Waals surface area contributed by atoms with E-state index in [-0.39, 0.29) is 31.0 Å². The molecule has 1 saturated carbocycles. The number of fused-ring (bicyclic) bond motifs is 3. The van der Waals surface area contributed by atoms with Gasteiger partial charge in [0.2, 0.25) is 5.91 Å². The predicted molar refractivity (Wildman–Crippen MR) is 132 cm³/mol. The standard InChI is InChI=1S/C27H33N3O5/c1-29(2)14-15-30(16-25(31)32)26(33)22-12-7-13-24(22)28-27(34)35-17-23-20-10-5-3-8-18(20)19-9-4-6-11-21(19)23/h3-6,8-11,22-24H,7,12-17H2,1-2H3,(H,28,34)(H,31,32). The van der Waals surface area contributed by atoms with Gasteiger partial charge in [-0.15, -0.1) is 0 Å². The normalized spacial score (nSPS) is 18.7. The summed E-state index contributed by atoms with van der Waals surface area (Å²) in [7, 11) is 3.75. The Morgan fingerprint density at radius 1 is 0.971 bits per heavy atom. The molecule has 0 spiro atoms. The molecule has 0 heterocycles. The van der Waals surface area contributed by atoms with Crippen molar-refractivity contribution in [2.75, 3.05) is 40.3 Å². The van der Waals surface area contributed by atoms with Gasteiger partial charge in [0.25, 0.3) is 0 Å². The van der Waals surface area contributed by atoms with Crippen LogP contribution in [0.4, 0.5) is 4.79 Å². The van der Waals surface area contributed by atoms with E-state index >= 15 is 0 Å². The van der Waals surface area contributed by atoms with Crippen molar-refractivity contribution in [3.05, 3.63) is 59.7 Å². The highest BCUT2D eigenvalue weighted by Crippen LogP contribution is 2.44. The third-order valence-corrected chi connectivity index (χ3v) is 6.94. The fourth-order valence-electron chi connectivity index (χ4n) is 5.21. The maximum absolute atomic E-state index is 13.2. The lowest BCUT2D eigenvalue weighted by Gasteiger charge is -2.28. The van der Waals surface area contributed by atoms with Crippen LogP contribution in [0.3, 0.4) is 0 Å². The molecule has 2 amide bonds. The van der Waals surface area contributed by atoms with Crippen LogP contribution >= 0.6 is 0 Å². The van der Waals surface area contributed by atoms with Crippen molar-refractivity contribution in [1.82, 2.24) is 15.1 Å². The van der Waals surface area contributed by atoms with Crippen LogP contribution in [0.5, 0.6) is 0 Å². The average Bonchev–Trinajstić information content (AvgIpc) is 3.42. The van der Waals surface area contributed by atoms with Gasteiger partial charge in [-0.2, -0.15) is 0 Å². The predicted octanol–water partition coefficient (Wildman–Crippen LogP) is 3.17. The lowest BCUT2D eigenvalue weighted by molar-refractivity contribution is -0.146. The highest BCUT2D eigenvalue weighted by molar-refractivity contribution is 5.84. The molecule has 8 heteroatoms. The van der Waals surface area contributed by atoms with Gasteiger partial charge in [0.15, 0.2) is 0 Å². The number of ether oxygens (including phenoxy) is 1. The van der Waals surface area contributed by atoms with Crippen LogP contribution in [-0.2, 0) is 14.3 Å². The molecule has 0 bridgehead atoms. The van der Waals surface area contributed by atoms with Crippen molar-refractivity contribution >= 4 is 18.0 Å². The second-order valence-corrected chi connectivity index (χ2v) is 9.57. The molecule has 0 saturated heterocycles. The van der Waals surface area contributed by atoms with Gasteiger partial charge in [-0.1, -0.05) is 55.0 Å². The number of likely N-dealkylation sites (N-methyl/N-ethyl adjacent to an activating group) is 1. The molecule has 2 aliphatic rings. The van der Waals surface area contributed by atoms with Crippen molar-refractivity contribution < 1.29 is 24.2 Å². The maximum atomic E-state index is 13.2. The maximum Gasteiger partial charge on any atom is 0.407 e. The Balaban J connectivity index is 1.38. The van der Waals surface area contributed by atoms with Gasteiger partial charge in [-0.25, -0.2) is 4.79 Å². The van der Waals surface area contributed by atoms with E-state index in [9.17, 15) is 19.5 Å². The van der Waals surface area contributed by atoms with E-state index in [2.05, 4.69) is 29.6 Å². The molecule has 2 aliphatic carbocycles. The summed E-state index contributed by atoms with van der Waals surface area (Å²) in [5.74, 6) is -1.75. The lowest BCUT2D eigenvalue weighted by Crippen LogP contribution is -2.48.